The van der Waals surface area contributed by atoms with E-state index in [1.165, 1.54) is 105 Å². The zero-order chi connectivity index (χ0) is 31.9. The minimum absolute atomic E-state index is 0.908. The first-order valence-electron chi connectivity index (χ1n) is 16.5. The standard InChI is InChI=1S/C45H30S3/c1-26-9-7-14-37-43-38(31-20-18-30(21-27(31)2)32-12-8-13-36-34-11-4-6-16-40(34)47-45(32)36)23-29(25-42(43)48-44(26)37)22-28-17-19-35-33-10-3-5-15-39(33)46-41(35)24-28/h3-21,23-25H,22H2,1-2H3. The zero-order valence-corrected chi connectivity index (χ0v) is 29.1. The number of fused-ring (bicyclic) bond motifs is 9. The van der Waals surface area contributed by atoms with Crippen LogP contribution in [0.2, 0.25) is 0 Å². The van der Waals surface area contributed by atoms with Gasteiger partial charge in [0.1, 0.15) is 0 Å². The number of thiophene rings is 3. The molecule has 0 saturated heterocycles. The van der Waals surface area contributed by atoms with E-state index < -0.39 is 0 Å². The first kappa shape index (κ1) is 28.2. The molecule has 0 radical (unpaired) electrons. The second-order valence-corrected chi connectivity index (χ2v) is 16.2. The van der Waals surface area contributed by atoms with Gasteiger partial charge < -0.3 is 0 Å². The Bertz CT molecular complexity index is 2890. The molecule has 0 aliphatic heterocycles. The van der Waals surface area contributed by atoms with E-state index in [0.29, 0.717) is 0 Å². The highest BCUT2D eigenvalue weighted by Crippen LogP contribution is 2.45. The van der Waals surface area contributed by atoms with Gasteiger partial charge in [0.2, 0.25) is 0 Å². The third-order valence-corrected chi connectivity index (χ3v) is 13.6. The smallest absolute Gasteiger partial charge is 0.0433 e. The molecule has 0 saturated carbocycles. The molecule has 3 aromatic heterocycles. The molecule has 0 atom stereocenters. The van der Waals surface area contributed by atoms with Gasteiger partial charge in [-0.05, 0) is 89.0 Å². The Hall–Kier alpha value is -4.80. The maximum atomic E-state index is 2.47. The molecule has 228 valence electrons. The van der Waals surface area contributed by atoms with Crippen LogP contribution in [0, 0.1) is 13.8 Å². The Morgan fingerprint density at radius 2 is 1.08 bits per heavy atom. The molecular weight excluding hydrogens is 637 g/mol. The largest absolute Gasteiger partial charge is 0.135 e. The summed E-state index contributed by atoms with van der Waals surface area (Å²) < 4.78 is 8.20. The molecule has 0 N–H and O–H groups in total. The highest BCUT2D eigenvalue weighted by Gasteiger charge is 2.17. The highest BCUT2D eigenvalue weighted by atomic mass is 32.1. The lowest BCUT2D eigenvalue weighted by atomic mass is 9.90. The van der Waals surface area contributed by atoms with Gasteiger partial charge in [-0.2, -0.15) is 0 Å². The number of benzene rings is 7. The van der Waals surface area contributed by atoms with Gasteiger partial charge in [0, 0.05) is 60.5 Å². The van der Waals surface area contributed by atoms with Crippen LogP contribution in [0.1, 0.15) is 22.3 Å². The minimum Gasteiger partial charge on any atom is -0.135 e. The summed E-state index contributed by atoms with van der Waals surface area (Å²) in [6.07, 6.45) is 0.908. The zero-order valence-electron chi connectivity index (χ0n) is 26.6. The topological polar surface area (TPSA) is 0 Å². The van der Waals surface area contributed by atoms with Gasteiger partial charge in [-0.3, -0.25) is 0 Å². The fraction of sp³-hybridized carbons (Fsp3) is 0.0667. The lowest BCUT2D eigenvalue weighted by Crippen LogP contribution is -1.92. The van der Waals surface area contributed by atoms with Crippen molar-refractivity contribution in [3.63, 3.8) is 0 Å². The third kappa shape index (κ3) is 4.39. The molecule has 10 aromatic rings. The Morgan fingerprint density at radius 3 is 1.94 bits per heavy atom. The quantitative estimate of drug-likeness (QED) is 0.175. The van der Waals surface area contributed by atoms with Crippen molar-refractivity contribution in [2.75, 3.05) is 0 Å². The molecule has 3 heterocycles. The maximum Gasteiger partial charge on any atom is 0.0433 e. The summed E-state index contributed by atoms with van der Waals surface area (Å²) in [5, 5.41) is 8.15. The lowest BCUT2D eigenvalue weighted by Gasteiger charge is -2.14. The molecule has 0 nitrogen and oxygen atoms in total. The highest BCUT2D eigenvalue weighted by molar-refractivity contribution is 7.27. The second kappa shape index (κ2) is 10.9. The molecule has 0 spiro atoms. The van der Waals surface area contributed by atoms with Crippen LogP contribution in [0.25, 0.3) is 82.8 Å². The molecular formula is C45H30S3. The maximum absolute atomic E-state index is 2.47. The second-order valence-electron chi connectivity index (χ2n) is 13.0. The molecule has 0 unspecified atom stereocenters. The molecule has 7 aromatic carbocycles. The van der Waals surface area contributed by atoms with Gasteiger partial charge in [-0.15, -0.1) is 34.0 Å². The van der Waals surface area contributed by atoms with Crippen molar-refractivity contribution in [2.45, 2.75) is 20.3 Å². The predicted octanol–water partition coefficient (Wildman–Crippen LogP) is 14.3. The normalized spacial score (nSPS) is 12.0. The molecule has 0 fully saturated rings. The van der Waals surface area contributed by atoms with E-state index in [-0.39, 0.29) is 0 Å². The van der Waals surface area contributed by atoms with Crippen LogP contribution in [-0.2, 0) is 6.42 Å². The van der Waals surface area contributed by atoms with Crippen LogP contribution in [0.3, 0.4) is 0 Å². The Kier molecular flexibility index (Phi) is 6.39. The lowest BCUT2D eigenvalue weighted by molar-refractivity contribution is 1.21. The number of rotatable bonds is 4. The SMILES string of the molecule is Cc1cc(-c2cccc3c2sc2ccccc23)ccc1-c1cc(Cc2ccc3c(c2)sc2ccccc23)cc2sc3c(C)cccc3c12. The van der Waals surface area contributed by atoms with Gasteiger partial charge >= 0.3 is 0 Å². The molecule has 0 aliphatic carbocycles. The average Bonchev–Trinajstić information content (AvgIpc) is 3.79. The van der Waals surface area contributed by atoms with Crippen molar-refractivity contribution in [2.24, 2.45) is 0 Å². The summed E-state index contributed by atoms with van der Waals surface area (Å²) in [7, 11) is 0. The predicted molar refractivity (Wildman–Crippen MR) is 215 cm³/mol. The number of hydrogen-bond acceptors (Lipinski definition) is 3. The number of hydrogen-bond donors (Lipinski definition) is 0. The van der Waals surface area contributed by atoms with Crippen LogP contribution in [0.15, 0.2) is 133 Å². The molecule has 0 amide bonds. The van der Waals surface area contributed by atoms with Crippen molar-refractivity contribution in [1.82, 2.24) is 0 Å². The van der Waals surface area contributed by atoms with Crippen molar-refractivity contribution >= 4 is 94.5 Å². The first-order chi connectivity index (χ1) is 23.6. The van der Waals surface area contributed by atoms with Gasteiger partial charge in [0.15, 0.2) is 0 Å². The molecule has 10 rings (SSSR count). The summed E-state index contributed by atoms with van der Waals surface area (Å²) in [6.45, 7) is 4.53. The first-order valence-corrected chi connectivity index (χ1v) is 18.9. The molecule has 3 heteroatoms. The van der Waals surface area contributed by atoms with Gasteiger partial charge in [0.05, 0.1) is 0 Å². The molecule has 0 bridgehead atoms. The summed E-state index contributed by atoms with van der Waals surface area (Å²) in [5.41, 5.74) is 10.6. The molecule has 48 heavy (non-hydrogen) atoms. The fourth-order valence-electron chi connectivity index (χ4n) is 7.66. The van der Waals surface area contributed by atoms with E-state index in [1.54, 1.807) is 0 Å². The summed E-state index contributed by atoms with van der Waals surface area (Å²) >= 11 is 5.74. The third-order valence-electron chi connectivity index (χ3n) is 9.94. The van der Waals surface area contributed by atoms with Crippen LogP contribution in [0.5, 0.6) is 0 Å². The van der Waals surface area contributed by atoms with Crippen LogP contribution >= 0.6 is 34.0 Å². The summed E-state index contributed by atoms with van der Waals surface area (Å²) in [4.78, 5) is 0. The summed E-state index contributed by atoms with van der Waals surface area (Å²) in [6, 6.07) is 50.2. The van der Waals surface area contributed by atoms with Crippen molar-refractivity contribution < 1.29 is 0 Å². The Labute approximate surface area is 291 Å². The van der Waals surface area contributed by atoms with Gasteiger partial charge in [0.25, 0.3) is 0 Å². The fourth-order valence-corrected chi connectivity index (χ4v) is 11.3. The average molecular weight is 667 g/mol. The molecule has 0 aliphatic rings. The Morgan fingerprint density at radius 1 is 0.396 bits per heavy atom. The van der Waals surface area contributed by atoms with Crippen molar-refractivity contribution in [3.05, 3.63) is 156 Å². The Balaban J connectivity index is 1.13. The van der Waals surface area contributed by atoms with Gasteiger partial charge in [-0.1, -0.05) is 109 Å². The van der Waals surface area contributed by atoms with E-state index in [2.05, 4.69) is 147 Å². The van der Waals surface area contributed by atoms with E-state index in [9.17, 15) is 0 Å². The van der Waals surface area contributed by atoms with E-state index in [4.69, 9.17) is 0 Å². The van der Waals surface area contributed by atoms with Crippen LogP contribution < -0.4 is 0 Å². The monoisotopic (exact) mass is 666 g/mol. The van der Waals surface area contributed by atoms with E-state index >= 15 is 0 Å². The number of aryl methyl sites for hydroxylation is 2. The summed E-state index contributed by atoms with van der Waals surface area (Å²) in [5.74, 6) is 0. The van der Waals surface area contributed by atoms with E-state index in [1.807, 2.05) is 34.0 Å². The van der Waals surface area contributed by atoms with Crippen molar-refractivity contribution in [3.8, 4) is 22.3 Å². The van der Waals surface area contributed by atoms with Crippen LogP contribution in [-0.4, -0.2) is 0 Å². The van der Waals surface area contributed by atoms with Gasteiger partial charge in [-0.25, -0.2) is 0 Å². The minimum atomic E-state index is 0.908. The van der Waals surface area contributed by atoms with Crippen molar-refractivity contribution in [1.29, 1.82) is 0 Å². The van der Waals surface area contributed by atoms with E-state index in [0.717, 1.165) is 6.42 Å². The van der Waals surface area contributed by atoms with Crippen LogP contribution in [0.4, 0.5) is 0 Å².